The van der Waals surface area contributed by atoms with Gasteiger partial charge in [-0.3, -0.25) is 0 Å². The van der Waals surface area contributed by atoms with Gasteiger partial charge in [-0.2, -0.15) is 0 Å². The molecule has 0 aliphatic carbocycles. The molecular formula is C13H14O2Se. The summed E-state index contributed by atoms with van der Waals surface area (Å²) in [4.78, 5) is 11.5. The van der Waals surface area contributed by atoms with Crippen LogP contribution in [0.25, 0.3) is 0 Å². The number of ether oxygens (including phenoxy) is 1. The van der Waals surface area contributed by atoms with Crippen molar-refractivity contribution >= 4 is 25.2 Å². The summed E-state index contributed by atoms with van der Waals surface area (Å²) in [7, 11) is 0. The van der Waals surface area contributed by atoms with E-state index >= 15 is 0 Å². The molecule has 0 aromatic heterocycles. The second kappa shape index (κ2) is 6.31. The van der Waals surface area contributed by atoms with Crippen LogP contribution in [0.3, 0.4) is 0 Å². The number of hydrogen-bond donors (Lipinski definition) is 0. The molecule has 0 N–H and O–H groups in total. The Morgan fingerprint density at radius 3 is 2.44 bits per heavy atom. The fraction of sp³-hybridized carbons (Fsp3) is 0.154. The molecule has 0 aliphatic heterocycles. The quantitative estimate of drug-likeness (QED) is 0.469. The minimum absolute atomic E-state index is 0.0137. The van der Waals surface area contributed by atoms with Gasteiger partial charge in [0.2, 0.25) is 0 Å². The molecule has 1 aromatic carbocycles. The van der Waals surface area contributed by atoms with Gasteiger partial charge >= 0.3 is 102 Å². The first-order valence-electron chi connectivity index (χ1n) is 4.87. The van der Waals surface area contributed by atoms with E-state index in [1.807, 2.05) is 30.3 Å². The summed E-state index contributed by atoms with van der Waals surface area (Å²) >= 11 is -0.0137. The second-order valence-electron chi connectivity index (χ2n) is 3.14. The first kappa shape index (κ1) is 12.8. The van der Waals surface area contributed by atoms with Gasteiger partial charge in [-0.05, 0) is 0 Å². The fourth-order valence-electron chi connectivity index (χ4n) is 1.18. The van der Waals surface area contributed by atoms with Crippen LogP contribution in [0.5, 0.6) is 0 Å². The molecule has 0 unspecified atom stereocenters. The normalized spacial score (nSPS) is 11.6. The zero-order chi connectivity index (χ0) is 12.0. The maximum absolute atomic E-state index is 11.5. The zero-order valence-electron chi connectivity index (χ0n) is 9.40. The number of allylic oxidation sites excluding steroid dienone is 2. The van der Waals surface area contributed by atoms with E-state index in [2.05, 4.69) is 6.58 Å². The van der Waals surface area contributed by atoms with E-state index in [9.17, 15) is 4.79 Å². The average Bonchev–Trinajstić information content (AvgIpc) is 2.27. The molecule has 0 amide bonds. The van der Waals surface area contributed by atoms with Crippen LogP contribution in [-0.2, 0) is 9.53 Å². The maximum atomic E-state index is 11.5. The number of carbonyl (C=O) groups excluding carboxylic acids is 1. The summed E-state index contributed by atoms with van der Waals surface area (Å²) in [5.74, 6) is 0.703. The van der Waals surface area contributed by atoms with Crippen molar-refractivity contribution < 1.29 is 9.53 Å². The predicted octanol–water partition coefficient (Wildman–Crippen LogP) is 2.00. The van der Waals surface area contributed by atoms with Crippen molar-refractivity contribution in [2.75, 3.05) is 0 Å². The number of ketones is 1. The molecule has 0 atom stereocenters. The van der Waals surface area contributed by atoms with E-state index in [4.69, 9.17) is 4.74 Å². The third kappa shape index (κ3) is 3.69. The van der Waals surface area contributed by atoms with Crippen molar-refractivity contribution in [1.29, 1.82) is 0 Å². The fourth-order valence-corrected chi connectivity index (χ4v) is 2.99. The SMILES string of the molecule is C=COC(C)=C([Se]c1ccccc1)C(C)=O. The molecule has 16 heavy (non-hydrogen) atoms. The first-order chi connectivity index (χ1) is 7.65. The van der Waals surface area contributed by atoms with E-state index in [0.29, 0.717) is 5.76 Å². The van der Waals surface area contributed by atoms with Crippen molar-refractivity contribution in [1.82, 2.24) is 0 Å². The van der Waals surface area contributed by atoms with Crippen LogP contribution >= 0.6 is 0 Å². The van der Waals surface area contributed by atoms with Crippen molar-refractivity contribution in [2.45, 2.75) is 13.8 Å². The van der Waals surface area contributed by atoms with Crippen molar-refractivity contribution in [3.8, 4) is 0 Å². The monoisotopic (exact) mass is 282 g/mol. The van der Waals surface area contributed by atoms with E-state index in [1.165, 1.54) is 6.26 Å². The zero-order valence-corrected chi connectivity index (χ0v) is 11.1. The Kier molecular flexibility index (Phi) is 5.03. The summed E-state index contributed by atoms with van der Waals surface area (Å²) in [5, 5.41) is 0. The Labute approximate surface area is 102 Å². The molecular weight excluding hydrogens is 267 g/mol. The van der Waals surface area contributed by atoms with Crippen molar-refractivity contribution in [2.24, 2.45) is 0 Å². The Hall–Kier alpha value is -1.31. The first-order valence-corrected chi connectivity index (χ1v) is 6.58. The predicted molar refractivity (Wildman–Crippen MR) is 66.5 cm³/mol. The molecule has 3 heteroatoms. The molecule has 0 saturated carbocycles. The van der Waals surface area contributed by atoms with Gasteiger partial charge in [-0.15, -0.1) is 0 Å². The number of hydrogen-bond acceptors (Lipinski definition) is 2. The van der Waals surface area contributed by atoms with Crippen LogP contribution in [0.2, 0.25) is 0 Å². The molecule has 0 fully saturated rings. The van der Waals surface area contributed by atoms with Crippen molar-refractivity contribution in [3.63, 3.8) is 0 Å². The molecule has 0 saturated heterocycles. The Bertz CT molecular complexity index is 407. The van der Waals surface area contributed by atoms with Gasteiger partial charge < -0.3 is 0 Å². The van der Waals surface area contributed by atoms with E-state index in [1.54, 1.807) is 13.8 Å². The molecule has 0 heterocycles. The molecule has 0 aliphatic rings. The van der Waals surface area contributed by atoms with Gasteiger partial charge in [0.05, 0.1) is 0 Å². The summed E-state index contributed by atoms with van der Waals surface area (Å²) < 4.78 is 7.08. The van der Waals surface area contributed by atoms with Gasteiger partial charge in [-0.1, -0.05) is 0 Å². The van der Waals surface area contributed by atoms with E-state index in [-0.39, 0.29) is 20.7 Å². The van der Waals surface area contributed by atoms with Crippen LogP contribution in [0.1, 0.15) is 13.8 Å². The summed E-state index contributed by atoms with van der Waals surface area (Å²) in [6.45, 7) is 6.85. The van der Waals surface area contributed by atoms with E-state index in [0.717, 1.165) is 8.93 Å². The van der Waals surface area contributed by atoms with Crippen LogP contribution in [-0.4, -0.2) is 20.7 Å². The van der Waals surface area contributed by atoms with Crippen LogP contribution in [0.4, 0.5) is 0 Å². The summed E-state index contributed by atoms with van der Waals surface area (Å²) in [6.07, 6.45) is 1.35. The minimum atomic E-state index is -0.0137. The number of Topliss-reactive ketones (excluding diaryl/α,β-unsaturated/α-hetero) is 1. The third-order valence-electron chi connectivity index (χ3n) is 1.86. The van der Waals surface area contributed by atoms with Gasteiger partial charge in [0, 0.05) is 0 Å². The Morgan fingerprint density at radius 2 is 1.94 bits per heavy atom. The molecule has 2 nitrogen and oxygen atoms in total. The third-order valence-corrected chi connectivity index (χ3v) is 4.56. The van der Waals surface area contributed by atoms with Crippen molar-refractivity contribution in [3.05, 3.63) is 53.4 Å². The molecule has 1 aromatic rings. The molecule has 0 spiro atoms. The number of rotatable bonds is 5. The summed E-state index contributed by atoms with van der Waals surface area (Å²) in [6, 6.07) is 9.94. The number of benzene rings is 1. The average molecular weight is 281 g/mol. The van der Waals surface area contributed by atoms with Crippen LogP contribution in [0, 0.1) is 0 Å². The number of carbonyl (C=O) groups is 1. The summed E-state index contributed by atoms with van der Waals surface area (Å²) in [5.41, 5.74) is 0. The molecule has 0 radical (unpaired) electrons. The van der Waals surface area contributed by atoms with Crippen LogP contribution in [0.15, 0.2) is 53.4 Å². The standard InChI is InChI=1S/C13H14O2Se/c1-4-15-11(3)13(10(2)14)16-12-8-6-5-7-9-12/h4-9H,1H2,2-3H3. The van der Waals surface area contributed by atoms with E-state index < -0.39 is 0 Å². The molecule has 1 rings (SSSR count). The van der Waals surface area contributed by atoms with Gasteiger partial charge in [0.25, 0.3) is 0 Å². The van der Waals surface area contributed by atoms with Gasteiger partial charge in [0.1, 0.15) is 0 Å². The molecule has 0 bridgehead atoms. The van der Waals surface area contributed by atoms with Crippen LogP contribution < -0.4 is 4.46 Å². The molecule has 84 valence electrons. The Balaban J connectivity index is 2.93. The topological polar surface area (TPSA) is 26.3 Å². The van der Waals surface area contributed by atoms with Gasteiger partial charge in [-0.25, -0.2) is 0 Å². The Morgan fingerprint density at radius 1 is 1.31 bits per heavy atom. The van der Waals surface area contributed by atoms with Gasteiger partial charge in [0.15, 0.2) is 0 Å². The second-order valence-corrected chi connectivity index (χ2v) is 5.41.